The summed E-state index contributed by atoms with van der Waals surface area (Å²) >= 11 is 0. The Kier molecular flexibility index (Phi) is 7.49. The highest BCUT2D eigenvalue weighted by Crippen LogP contribution is 2.24. The van der Waals surface area contributed by atoms with Crippen molar-refractivity contribution in [2.75, 3.05) is 16.6 Å². The molecule has 1 aliphatic rings. The van der Waals surface area contributed by atoms with Crippen LogP contribution in [0.25, 0.3) is 0 Å². The summed E-state index contributed by atoms with van der Waals surface area (Å²) in [4.78, 5) is 19.7. The lowest BCUT2D eigenvalue weighted by atomic mass is 9.96. The smallest absolute Gasteiger partial charge is 0.263 e. The number of aliphatic hydroxyl groups is 3. The molecule has 33 heavy (non-hydrogen) atoms. The molecule has 6 N–H and O–H groups in total. The van der Waals surface area contributed by atoms with E-state index in [-0.39, 0.29) is 10.7 Å². The molecule has 0 unspecified atom stereocenters. The molecule has 5 atom stereocenters. The van der Waals surface area contributed by atoms with Gasteiger partial charge in [-0.15, -0.1) is 0 Å². The summed E-state index contributed by atoms with van der Waals surface area (Å²) in [6.45, 7) is 4.09. The first kappa shape index (κ1) is 24.8. The highest BCUT2D eigenvalue weighted by Gasteiger charge is 2.44. The average molecular weight is 482 g/mol. The normalized spacial score (nSPS) is 25.3. The number of anilines is 2. The van der Waals surface area contributed by atoms with Crippen LogP contribution < -0.4 is 15.4 Å². The summed E-state index contributed by atoms with van der Waals surface area (Å²) in [5.41, 5.74) is 1.04. The molecule has 2 heterocycles. The van der Waals surface area contributed by atoms with Gasteiger partial charge in [-0.2, -0.15) is 0 Å². The van der Waals surface area contributed by atoms with Gasteiger partial charge < -0.3 is 30.7 Å². The van der Waals surface area contributed by atoms with Crippen LogP contribution in [0.4, 0.5) is 11.5 Å². The van der Waals surface area contributed by atoms with Crippen molar-refractivity contribution in [3.8, 4) is 0 Å². The summed E-state index contributed by atoms with van der Waals surface area (Å²) in [6.07, 6.45) is -4.89. The largest absolute Gasteiger partial charge is 0.394 e. The van der Waals surface area contributed by atoms with E-state index in [4.69, 9.17) is 4.74 Å². The Morgan fingerprint density at radius 2 is 1.79 bits per heavy atom. The van der Waals surface area contributed by atoms with Gasteiger partial charge >= 0.3 is 0 Å². The van der Waals surface area contributed by atoms with Crippen LogP contribution in [0.5, 0.6) is 0 Å². The minimum atomic E-state index is -3.91. The quantitative estimate of drug-likeness (QED) is 0.294. The number of ether oxygens (including phenoxy) is 1. The van der Waals surface area contributed by atoms with Crippen LogP contribution >= 0.6 is 0 Å². The van der Waals surface area contributed by atoms with Gasteiger partial charge in [0.15, 0.2) is 6.23 Å². The Morgan fingerprint density at radius 1 is 1.12 bits per heavy atom. The molecule has 1 fully saturated rings. The number of nitrogens with one attached hydrogen (secondary N) is 3. The van der Waals surface area contributed by atoms with Crippen LogP contribution in [0.2, 0.25) is 0 Å². The molecule has 0 spiro atoms. The number of hydrogen-bond acceptors (Lipinski definition) is 10. The number of carbonyl (C=O) groups is 1. The van der Waals surface area contributed by atoms with Crippen molar-refractivity contribution in [3.63, 3.8) is 0 Å². The number of nitrogens with zero attached hydrogens (tertiary/aromatic N) is 2. The predicted octanol–water partition coefficient (Wildman–Crippen LogP) is -0.750. The van der Waals surface area contributed by atoms with Crippen molar-refractivity contribution in [1.82, 2.24) is 15.3 Å². The van der Waals surface area contributed by atoms with Crippen LogP contribution in [0.15, 0.2) is 35.2 Å². The number of sulfonamides is 1. The molecule has 1 aromatic heterocycles. The monoisotopic (exact) mass is 481 g/mol. The number of amides is 1. The third-order valence-corrected chi connectivity index (χ3v) is 6.35. The molecule has 13 heteroatoms. The fourth-order valence-corrected chi connectivity index (χ4v) is 4.49. The van der Waals surface area contributed by atoms with Crippen molar-refractivity contribution in [1.29, 1.82) is 0 Å². The van der Waals surface area contributed by atoms with E-state index >= 15 is 0 Å². The number of carbonyl (C=O) groups excluding carboxylic acids is 1. The highest BCUT2D eigenvalue weighted by atomic mass is 32.2. The summed E-state index contributed by atoms with van der Waals surface area (Å²) in [5, 5.41) is 35.3. The number of hydrogen-bond donors (Lipinski definition) is 6. The van der Waals surface area contributed by atoms with Gasteiger partial charge in [0.25, 0.3) is 10.0 Å². The lowest BCUT2D eigenvalue weighted by Gasteiger charge is -2.43. The Morgan fingerprint density at radius 3 is 2.36 bits per heavy atom. The van der Waals surface area contributed by atoms with Crippen LogP contribution in [-0.4, -0.2) is 76.8 Å². The second-order valence-corrected chi connectivity index (χ2v) is 9.38. The van der Waals surface area contributed by atoms with E-state index in [0.717, 1.165) is 0 Å². The van der Waals surface area contributed by atoms with E-state index < -0.39 is 53.1 Å². The minimum absolute atomic E-state index is 0.0198. The summed E-state index contributed by atoms with van der Waals surface area (Å²) in [6, 6.07) is 6.16. The summed E-state index contributed by atoms with van der Waals surface area (Å²) in [5.74, 6) is 0.132. The predicted molar refractivity (Wildman–Crippen MR) is 118 cm³/mol. The number of aryl methyl sites for hydroxylation is 2. The number of aliphatic hydroxyl groups excluding tert-OH is 3. The first-order chi connectivity index (χ1) is 15.5. The molecular formula is C20H27N5O7S. The molecule has 180 valence electrons. The Bertz CT molecular complexity index is 1080. The van der Waals surface area contributed by atoms with Crippen molar-refractivity contribution in [3.05, 3.63) is 41.9 Å². The van der Waals surface area contributed by atoms with Gasteiger partial charge in [-0.05, 0) is 38.1 Å². The molecule has 2 aromatic rings. The minimum Gasteiger partial charge on any atom is -0.394 e. The zero-order valence-electron chi connectivity index (χ0n) is 18.3. The van der Waals surface area contributed by atoms with Gasteiger partial charge in [-0.1, -0.05) is 0 Å². The number of benzene rings is 1. The Labute approximate surface area is 191 Å². The van der Waals surface area contributed by atoms with Crippen LogP contribution in [0, 0.1) is 13.8 Å². The maximum absolute atomic E-state index is 12.7. The zero-order valence-corrected chi connectivity index (χ0v) is 19.1. The number of rotatable bonds is 7. The van der Waals surface area contributed by atoms with Crippen molar-refractivity contribution in [2.24, 2.45) is 0 Å². The summed E-state index contributed by atoms with van der Waals surface area (Å²) in [7, 11) is -3.91. The van der Waals surface area contributed by atoms with Gasteiger partial charge in [-0.25, -0.2) is 18.4 Å². The number of aromatic nitrogens is 2. The van der Waals surface area contributed by atoms with Gasteiger partial charge in [0.05, 0.1) is 11.5 Å². The maximum Gasteiger partial charge on any atom is 0.263 e. The van der Waals surface area contributed by atoms with Crippen LogP contribution in [0.1, 0.15) is 18.4 Å². The SMILES string of the molecule is CC(=O)N[C@@H]1[C@H](O)[C@H](O)[C@H](CO)O[C@@H]1Nc1ccc(S(=O)(=O)Nc2cc(C)nc(C)n2)cc1. The molecule has 1 amide bonds. The second kappa shape index (κ2) is 9.97. The molecular weight excluding hydrogens is 454 g/mol. The van der Waals surface area contributed by atoms with E-state index in [1.807, 2.05) is 0 Å². The maximum atomic E-state index is 12.7. The van der Waals surface area contributed by atoms with E-state index in [0.29, 0.717) is 17.2 Å². The van der Waals surface area contributed by atoms with Crippen LogP contribution in [-0.2, 0) is 19.6 Å². The molecule has 1 aromatic carbocycles. The van der Waals surface area contributed by atoms with E-state index in [1.165, 1.54) is 37.3 Å². The van der Waals surface area contributed by atoms with Crippen molar-refractivity contribution in [2.45, 2.75) is 56.2 Å². The topological polar surface area (TPSA) is 183 Å². The fraction of sp³-hybridized carbons (Fsp3) is 0.450. The lowest BCUT2D eigenvalue weighted by Crippen LogP contribution is -2.65. The molecule has 1 aliphatic heterocycles. The Balaban J connectivity index is 1.77. The molecule has 1 saturated heterocycles. The fourth-order valence-electron chi connectivity index (χ4n) is 3.50. The molecule has 0 aliphatic carbocycles. The van der Waals surface area contributed by atoms with Crippen molar-refractivity contribution >= 4 is 27.4 Å². The van der Waals surface area contributed by atoms with Crippen molar-refractivity contribution < 1.29 is 33.3 Å². The third-order valence-electron chi connectivity index (χ3n) is 4.97. The Hall–Kier alpha value is -2.84. The van der Waals surface area contributed by atoms with Gasteiger partial charge in [0, 0.05) is 24.4 Å². The molecule has 3 rings (SSSR count). The van der Waals surface area contributed by atoms with Gasteiger partial charge in [0.1, 0.15) is 36.0 Å². The lowest BCUT2D eigenvalue weighted by molar-refractivity contribution is -0.188. The van der Waals surface area contributed by atoms with Crippen LogP contribution in [0.3, 0.4) is 0 Å². The van der Waals surface area contributed by atoms with Gasteiger partial charge in [-0.3, -0.25) is 9.52 Å². The highest BCUT2D eigenvalue weighted by molar-refractivity contribution is 7.92. The standard InChI is InChI=1S/C20H27N5O7S/c1-10-8-16(22-11(2)21-10)25-33(30,31)14-6-4-13(5-7-14)24-20-17(23-12(3)27)19(29)18(28)15(9-26)32-20/h4-8,15,17-20,24,26,28-29H,9H2,1-3H3,(H,23,27)(H,21,22,25)/t15-,17+,18+,19-,20-/m0/s1. The second-order valence-electron chi connectivity index (χ2n) is 7.70. The zero-order chi connectivity index (χ0) is 24.3. The van der Waals surface area contributed by atoms with Gasteiger partial charge in [0.2, 0.25) is 5.91 Å². The van der Waals surface area contributed by atoms with E-state index in [9.17, 15) is 28.5 Å². The van der Waals surface area contributed by atoms with E-state index in [2.05, 4.69) is 25.3 Å². The molecule has 0 bridgehead atoms. The molecule has 0 saturated carbocycles. The third kappa shape index (κ3) is 5.94. The first-order valence-electron chi connectivity index (χ1n) is 10.1. The summed E-state index contributed by atoms with van der Waals surface area (Å²) < 4.78 is 33.4. The average Bonchev–Trinajstić information content (AvgIpc) is 2.72. The first-order valence-corrected chi connectivity index (χ1v) is 11.6. The molecule has 12 nitrogen and oxygen atoms in total. The van der Waals surface area contributed by atoms with E-state index in [1.54, 1.807) is 13.8 Å². The molecule has 0 radical (unpaired) electrons.